The molecule has 0 spiro atoms. The highest BCUT2D eigenvalue weighted by molar-refractivity contribution is 5.79. The summed E-state index contributed by atoms with van der Waals surface area (Å²) in [6.45, 7) is 4.25. The molecule has 0 atom stereocenters. The van der Waals surface area contributed by atoms with E-state index in [2.05, 4.69) is 9.97 Å². The second-order valence-corrected chi connectivity index (χ2v) is 3.83. The van der Waals surface area contributed by atoms with Crippen LogP contribution in [0.1, 0.15) is 37.5 Å². The summed E-state index contributed by atoms with van der Waals surface area (Å²) < 4.78 is 24.8. The van der Waals surface area contributed by atoms with Crippen LogP contribution in [-0.2, 0) is 10.2 Å². The number of halogens is 2. The molecule has 6 heteroatoms. The van der Waals surface area contributed by atoms with Crippen LogP contribution in [0.3, 0.4) is 0 Å². The van der Waals surface area contributed by atoms with E-state index in [0.29, 0.717) is 0 Å². The van der Waals surface area contributed by atoms with Crippen LogP contribution in [0.25, 0.3) is 0 Å². The van der Waals surface area contributed by atoms with Crippen LogP contribution >= 0.6 is 0 Å². The molecule has 0 aliphatic heterocycles. The molecule has 0 radical (unpaired) electrons. The molecule has 0 amide bonds. The maximum atomic E-state index is 12.4. The molecule has 0 fully saturated rings. The Bertz CT molecular complexity index is 385. The number of nitrogens with zero attached hydrogens (tertiary/aromatic N) is 1. The van der Waals surface area contributed by atoms with Gasteiger partial charge in [0.15, 0.2) is 0 Å². The van der Waals surface area contributed by atoms with E-state index >= 15 is 0 Å². The van der Waals surface area contributed by atoms with Gasteiger partial charge in [0.1, 0.15) is 16.9 Å². The van der Waals surface area contributed by atoms with Crippen molar-refractivity contribution in [1.29, 1.82) is 0 Å². The van der Waals surface area contributed by atoms with Crippen LogP contribution in [0.4, 0.5) is 8.78 Å². The summed E-state index contributed by atoms with van der Waals surface area (Å²) in [6.07, 6.45) is -2.69. The molecule has 0 aliphatic rings. The van der Waals surface area contributed by atoms with Gasteiger partial charge in [0.05, 0.1) is 0 Å². The average molecular weight is 218 g/mol. The Labute approximate surface area is 85.3 Å². The fourth-order valence-electron chi connectivity index (χ4n) is 1.08. The van der Waals surface area contributed by atoms with Gasteiger partial charge in [-0.05, 0) is 20.8 Å². The summed E-state index contributed by atoms with van der Waals surface area (Å²) >= 11 is 0. The lowest BCUT2D eigenvalue weighted by molar-refractivity contribution is -0.142. The van der Waals surface area contributed by atoms with E-state index in [0.717, 1.165) is 0 Å². The predicted octanol–water partition coefficient (Wildman–Crippen LogP) is 2.02. The Morgan fingerprint density at radius 2 is 2.07 bits per heavy atom. The van der Waals surface area contributed by atoms with E-state index in [1.54, 1.807) is 0 Å². The van der Waals surface area contributed by atoms with Gasteiger partial charge < -0.3 is 10.1 Å². The van der Waals surface area contributed by atoms with E-state index in [1.807, 2.05) is 0 Å². The standard InChI is InChI=1S/C9H12F2N2O2/c1-4-5(6(10)11)13-7(12-4)9(2,3)8(14)15/h6H,1-3H3,(H,12,13)(H,14,15). The van der Waals surface area contributed by atoms with Crippen molar-refractivity contribution in [1.82, 2.24) is 9.97 Å². The van der Waals surface area contributed by atoms with Crippen molar-refractivity contribution in [3.63, 3.8) is 0 Å². The van der Waals surface area contributed by atoms with Gasteiger partial charge in [-0.2, -0.15) is 0 Å². The van der Waals surface area contributed by atoms with Crippen molar-refractivity contribution < 1.29 is 18.7 Å². The van der Waals surface area contributed by atoms with Crippen molar-refractivity contribution in [2.24, 2.45) is 0 Å². The molecule has 1 aromatic heterocycles. The molecule has 84 valence electrons. The van der Waals surface area contributed by atoms with E-state index < -0.39 is 17.8 Å². The minimum Gasteiger partial charge on any atom is -0.481 e. The smallest absolute Gasteiger partial charge is 0.316 e. The normalized spacial score (nSPS) is 12.1. The fraction of sp³-hybridized carbons (Fsp3) is 0.556. The molecule has 0 bridgehead atoms. The summed E-state index contributed by atoms with van der Waals surface area (Å²) in [4.78, 5) is 17.1. The predicted molar refractivity (Wildman–Crippen MR) is 48.9 cm³/mol. The lowest BCUT2D eigenvalue weighted by Crippen LogP contribution is -2.29. The maximum absolute atomic E-state index is 12.4. The van der Waals surface area contributed by atoms with Crippen molar-refractivity contribution in [3.05, 3.63) is 17.2 Å². The number of carbonyl (C=O) groups is 1. The molecule has 4 nitrogen and oxygen atoms in total. The number of alkyl halides is 2. The molecule has 2 N–H and O–H groups in total. The second kappa shape index (κ2) is 3.60. The highest BCUT2D eigenvalue weighted by Gasteiger charge is 2.34. The van der Waals surface area contributed by atoms with Crippen LogP contribution in [-0.4, -0.2) is 21.0 Å². The zero-order valence-corrected chi connectivity index (χ0v) is 8.64. The first kappa shape index (κ1) is 11.6. The quantitative estimate of drug-likeness (QED) is 0.815. The lowest BCUT2D eigenvalue weighted by atomic mass is 9.93. The number of H-pyrrole nitrogens is 1. The minimum absolute atomic E-state index is 0.0443. The summed E-state index contributed by atoms with van der Waals surface area (Å²) in [5.74, 6) is -1.07. The number of aliphatic carboxylic acids is 1. The maximum Gasteiger partial charge on any atom is 0.316 e. The number of carboxylic acid groups (broad SMARTS) is 1. The molecule has 0 saturated carbocycles. The molecule has 15 heavy (non-hydrogen) atoms. The van der Waals surface area contributed by atoms with E-state index in [4.69, 9.17) is 5.11 Å². The Kier molecular flexibility index (Phi) is 2.79. The Morgan fingerprint density at radius 3 is 2.40 bits per heavy atom. The number of hydrogen-bond donors (Lipinski definition) is 2. The largest absolute Gasteiger partial charge is 0.481 e. The van der Waals surface area contributed by atoms with Gasteiger partial charge in [-0.3, -0.25) is 4.79 Å². The lowest BCUT2D eigenvalue weighted by Gasteiger charge is -2.15. The van der Waals surface area contributed by atoms with E-state index in [-0.39, 0.29) is 17.2 Å². The molecule has 0 aromatic carbocycles. The summed E-state index contributed by atoms with van der Waals surface area (Å²) in [7, 11) is 0. The fourth-order valence-corrected chi connectivity index (χ4v) is 1.08. The van der Waals surface area contributed by atoms with Crippen molar-refractivity contribution in [2.45, 2.75) is 32.6 Å². The highest BCUT2D eigenvalue weighted by atomic mass is 19.3. The Hall–Kier alpha value is -1.46. The van der Waals surface area contributed by atoms with Gasteiger partial charge in [-0.25, -0.2) is 13.8 Å². The topological polar surface area (TPSA) is 66.0 Å². The number of hydrogen-bond acceptors (Lipinski definition) is 2. The number of aryl methyl sites for hydroxylation is 1. The van der Waals surface area contributed by atoms with Crippen LogP contribution < -0.4 is 0 Å². The molecule has 0 saturated heterocycles. The van der Waals surface area contributed by atoms with Crippen LogP contribution in [0.15, 0.2) is 0 Å². The molecular weight excluding hydrogens is 206 g/mol. The van der Waals surface area contributed by atoms with Crippen LogP contribution in [0, 0.1) is 6.92 Å². The SMILES string of the molecule is Cc1[nH]c(C(C)(C)C(=O)O)nc1C(F)F. The first-order valence-corrected chi connectivity index (χ1v) is 4.35. The monoisotopic (exact) mass is 218 g/mol. The Balaban J connectivity index is 3.18. The van der Waals surface area contributed by atoms with Crippen molar-refractivity contribution in [3.8, 4) is 0 Å². The molecular formula is C9H12F2N2O2. The van der Waals surface area contributed by atoms with Gasteiger partial charge >= 0.3 is 5.97 Å². The third-order valence-corrected chi connectivity index (χ3v) is 2.26. The number of rotatable bonds is 3. The van der Waals surface area contributed by atoms with Gasteiger partial charge in [0.25, 0.3) is 6.43 Å². The number of imidazole rings is 1. The van der Waals surface area contributed by atoms with Gasteiger partial charge in [-0.1, -0.05) is 0 Å². The highest BCUT2D eigenvalue weighted by Crippen LogP contribution is 2.26. The van der Waals surface area contributed by atoms with Gasteiger partial charge in [0.2, 0.25) is 0 Å². The van der Waals surface area contributed by atoms with E-state index in [9.17, 15) is 13.6 Å². The zero-order valence-electron chi connectivity index (χ0n) is 8.64. The van der Waals surface area contributed by atoms with Crippen molar-refractivity contribution >= 4 is 5.97 Å². The number of nitrogens with one attached hydrogen (secondary N) is 1. The number of aromatic nitrogens is 2. The first-order chi connectivity index (χ1) is 6.76. The minimum atomic E-state index is -2.69. The third-order valence-electron chi connectivity index (χ3n) is 2.26. The molecule has 1 aromatic rings. The molecule has 0 unspecified atom stereocenters. The van der Waals surface area contributed by atoms with Crippen LogP contribution in [0.2, 0.25) is 0 Å². The summed E-state index contributed by atoms with van der Waals surface area (Å²) in [5, 5.41) is 8.89. The van der Waals surface area contributed by atoms with Crippen molar-refractivity contribution in [2.75, 3.05) is 0 Å². The third kappa shape index (κ3) is 1.98. The van der Waals surface area contributed by atoms with Gasteiger partial charge in [0, 0.05) is 5.69 Å². The number of aromatic amines is 1. The number of carboxylic acids is 1. The summed E-state index contributed by atoms with van der Waals surface area (Å²) in [5.41, 5.74) is -1.48. The first-order valence-electron chi connectivity index (χ1n) is 4.35. The molecule has 1 heterocycles. The average Bonchev–Trinajstić information content (AvgIpc) is 2.47. The summed E-state index contributed by atoms with van der Waals surface area (Å²) in [6, 6.07) is 0. The molecule has 1 rings (SSSR count). The van der Waals surface area contributed by atoms with Crippen LogP contribution in [0.5, 0.6) is 0 Å². The Morgan fingerprint density at radius 1 is 1.53 bits per heavy atom. The second-order valence-electron chi connectivity index (χ2n) is 3.83. The molecule has 0 aliphatic carbocycles. The van der Waals surface area contributed by atoms with Gasteiger partial charge in [-0.15, -0.1) is 0 Å². The zero-order chi connectivity index (χ0) is 11.8. The van der Waals surface area contributed by atoms with E-state index in [1.165, 1.54) is 20.8 Å².